The molecule has 4 aromatic rings. The number of aliphatic hydroxyl groups is 2. The normalized spacial score (nSPS) is 15.6. The molecule has 6 nitrogen and oxygen atoms in total. The van der Waals surface area contributed by atoms with E-state index >= 15 is 0 Å². The molecule has 36 heavy (non-hydrogen) atoms. The number of para-hydroxylation sites is 1. The molecule has 5 rings (SSSR count). The SMILES string of the molecule is CC(C)(O)C#Cc1ccc2c(c1)-n1cccc1C(NC(O)c1cc(Oc3ccccc3)ccn1)CC2. The Morgan fingerprint density at radius 3 is 2.69 bits per heavy atom. The molecule has 6 heteroatoms. The van der Waals surface area contributed by atoms with Crippen LogP contribution in [0.5, 0.6) is 11.5 Å². The number of nitrogens with zero attached hydrogens (tertiary/aromatic N) is 2. The van der Waals surface area contributed by atoms with E-state index in [4.69, 9.17) is 4.74 Å². The molecule has 2 aromatic carbocycles. The standard InChI is InChI=1S/C30H29N3O3/c1-30(2,35)16-14-21-10-11-22-12-13-25(27-9-6-18-33(27)28(22)19-21)32-29(34)26-20-24(15-17-31-26)36-23-7-4-3-5-8-23/h3-11,15,17-20,25,29,32,34-35H,12-13H2,1-2H3. The average molecular weight is 480 g/mol. The fourth-order valence-electron chi connectivity index (χ4n) is 4.36. The van der Waals surface area contributed by atoms with E-state index in [2.05, 4.69) is 44.9 Å². The predicted octanol–water partition coefficient (Wildman–Crippen LogP) is 5.06. The summed E-state index contributed by atoms with van der Waals surface area (Å²) in [5.41, 5.74) is 3.61. The maximum atomic E-state index is 11.0. The van der Waals surface area contributed by atoms with Gasteiger partial charge >= 0.3 is 0 Å². The van der Waals surface area contributed by atoms with Gasteiger partial charge in [-0.15, -0.1) is 0 Å². The monoisotopic (exact) mass is 479 g/mol. The average Bonchev–Trinajstić information content (AvgIpc) is 3.30. The van der Waals surface area contributed by atoms with Gasteiger partial charge in [0.2, 0.25) is 0 Å². The molecular weight excluding hydrogens is 450 g/mol. The van der Waals surface area contributed by atoms with Crippen LogP contribution in [0.4, 0.5) is 0 Å². The number of aromatic nitrogens is 2. The molecule has 0 fully saturated rings. The van der Waals surface area contributed by atoms with Crippen molar-refractivity contribution in [2.75, 3.05) is 0 Å². The molecule has 2 aromatic heterocycles. The van der Waals surface area contributed by atoms with Crippen LogP contribution in [0.3, 0.4) is 0 Å². The quantitative estimate of drug-likeness (QED) is 0.276. The van der Waals surface area contributed by atoms with Gasteiger partial charge in [-0.05, 0) is 74.7 Å². The van der Waals surface area contributed by atoms with Crippen LogP contribution in [0.1, 0.15) is 55.1 Å². The largest absolute Gasteiger partial charge is 0.457 e. The number of hydrogen-bond donors (Lipinski definition) is 3. The number of fused-ring (bicyclic) bond motifs is 3. The van der Waals surface area contributed by atoms with Gasteiger partial charge in [0.15, 0.2) is 0 Å². The summed E-state index contributed by atoms with van der Waals surface area (Å²) in [5.74, 6) is 7.30. The van der Waals surface area contributed by atoms with Crippen molar-refractivity contribution < 1.29 is 14.9 Å². The Hall–Kier alpha value is -3.89. The molecule has 3 N–H and O–H groups in total. The molecule has 1 aliphatic heterocycles. The van der Waals surface area contributed by atoms with Crippen molar-refractivity contribution >= 4 is 0 Å². The molecule has 2 atom stereocenters. The van der Waals surface area contributed by atoms with Crippen LogP contribution in [0.15, 0.2) is 85.2 Å². The summed E-state index contributed by atoms with van der Waals surface area (Å²) in [6, 6.07) is 23.2. The lowest BCUT2D eigenvalue weighted by atomic mass is 10.0. The maximum Gasteiger partial charge on any atom is 0.148 e. The van der Waals surface area contributed by atoms with E-state index < -0.39 is 11.8 Å². The van der Waals surface area contributed by atoms with Gasteiger partial charge in [0.1, 0.15) is 23.3 Å². The highest BCUT2D eigenvalue weighted by Crippen LogP contribution is 2.32. The summed E-state index contributed by atoms with van der Waals surface area (Å²) >= 11 is 0. The Morgan fingerprint density at radius 1 is 1.06 bits per heavy atom. The van der Waals surface area contributed by atoms with Crippen molar-refractivity contribution in [2.45, 2.75) is 44.6 Å². The van der Waals surface area contributed by atoms with Gasteiger partial charge in [0.05, 0.1) is 11.7 Å². The van der Waals surface area contributed by atoms with Crippen molar-refractivity contribution in [1.82, 2.24) is 14.9 Å². The number of hydrogen-bond acceptors (Lipinski definition) is 5. The molecule has 0 radical (unpaired) electrons. The molecule has 2 unspecified atom stereocenters. The zero-order chi connectivity index (χ0) is 25.1. The minimum Gasteiger partial charge on any atom is -0.457 e. The van der Waals surface area contributed by atoms with Crippen LogP contribution in [0, 0.1) is 11.8 Å². The maximum absolute atomic E-state index is 11.0. The van der Waals surface area contributed by atoms with Crippen molar-refractivity contribution in [3.05, 3.63) is 108 Å². The first kappa shape index (κ1) is 23.8. The zero-order valence-corrected chi connectivity index (χ0v) is 20.3. The molecule has 0 saturated carbocycles. The van der Waals surface area contributed by atoms with Crippen LogP contribution >= 0.6 is 0 Å². The fourth-order valence-corrected chi connectivity index (χ4v) is 4.36. The molecular formula is C30H29N3O3. The van der Waals surface area contributed by atoms with Gasteiger partial charge < -0.3 is 19.5 Å². The van der Waals surface area contributed by atoms with Crippen LogP contribution in [-0.4, -0.2) is 25.4 Å². The lowest BCUT2D eigenvalue weighted by molar-refractivity contribution is 0.116. The summed E-state index contributed by atoms with van der Waals surface area (Å²) in [6.45, 7) is 3.35. The van der Waals surface area contributed by atoms with Crippen LogP contribution in [-0.2, 0) is 6.42 Å². The predicted molar refractivity (Wildman–Crippen MR) is 139 cm³/mol. The summed E-state index contributed by atoms with van der Waals surface area (Å²) in [5, 5.41) is 24.4. The lowest BCUT2D eigenvalue weighted by Gasteiger charge is -2.22. The number of aliphatic hydroxyl groups excluding tert-OH is 1. The summed E-state index contributed by atoms with van der Waals surface area (Å²) < 4.78 is 8.05. The molecule has 182 valence electrons. The molecule has 0 saturated heterocycles. The van der Waals surface area contributed by atoms with Crippen molar-refractivity contribution in [3.8, 4) is 29.0 Å². The number of ether oxygens (including phenoxy) is 1. The minimum absolute atomic E-state index is 0.0891. The molecule has 3 heterocycles. The molecule has 0 spiro atoms. The van der Waals surface area contributed by atoms with Crippen LogP contribution < -0.4 is 10.1 Å². The second-order valence-corrected chi connectivity index (χ2v) is 9.45. The molecule has 0 amide bonds. The van der Waals surface area contributed by atoms with Gasteiger partial charge in [0, 0.05) is 35.4 Å². The highest BCUT2D eigenvalue weighted by Gasteiger charge is 2.25. The number of benzene rings is 2. The zero-order valence-electron chi connectivity index (χ0n) is 20.3. The highest BCUT2D eigenvalue weighted by molar-refractivity contribution is 5.52. The van der Waals surface area contributed by atoms with Crippen molar-refractivity contribution in [1.29, 1.82) is 0 Å². The van der Waals surface area contributed by atoms with E-state index in [1.807, 2.05) is 48.7 Å². The highest BCUT2D eigenvalue weighted by atomic mass is 16.5. The van der Waals surface area contributed by atoms with Gasteiger partial charge in [-0.3, -0.25) is 10.3 Å². The Bertz CT molecular complexity index is 1410. The fraction of sp³-hybridized carbons (Fsp3) is 0.233. The summed E-state index contributed by atoms with van der Waals surface area (Å²) in [7, 11) is 0. The number of aryl methyl sites for hydroxylation is 1. The number of pyridine rings is 1. The topological polar surface area (TPSA) is 79.5 Å². The van der Waals surface area contributed by atoms with E-state index in [0.717, 1.165) is 35.5 Å². The van der Waals surface area contributed by atoms with E-state index in [0.29, 0.717) is 11.4 Å². The Kier molecular flexibility index (Phi) is 6.62. The van der Waals surface area contributed by atoms with Crippen molar-refractivity contribution in [2.24, 2.45) is 0 Å². The van der Waals surface area contributed by atoms with E-state index in [1.54, 1.807) is 32.2 Å². The Morgan fingerprint density at radius 2 is 1.89 bits per heavy atom. The Labute approximate surface area is 211 Å². The van der Waals surface area contributed by atoms with Gasteiger partial charge in [-0.1, -0.05) is 36.1 Å². The third kappa shape index (κ3) is 5.50. The number of nitrogens with one attached hydrogen (secondary N) is 1. The second kappa shape index (κ2) is 10.00. The first-order valence-electron chi connectivity index (χ1n) is 12.0. The van der Waals surface area contributed by atoms with Gasteiger partial charge in [-0.25, -0.2) is 0 Å². The van der Waals surface area contributed by atoms with E-state index in [1.165, 1.54) is 5.56 Å². The van der Waals surface area contributed by atoms with E-state index in [9.17, 15) is 10.2 Å². The van der Waals surface area contributed by atoms with Gasteiger partial charge in [0.25, 0.3) is 0 Å². The second-order valence-electron chi connectivity index (χ2n) is 9.45. The molecule has 0 aliphatic carbocycles. The first-order valence-corrected chi connectivity index (χ1v) is 12.0. The third-order valence-corrected chi connectivity index (χ3v) is 6.07. The summed E-state index contributed by atoms with van der Waals surface area (Å²) in [4.78, 5) is 4.37. The first-order chi connectivity index (χ1) is 17.4. The number of rotatable bonds is 5. The van der Waals surface area contributed by atoms with Crippen molar-refractivity contribution in [3.63, 3.8) is 0 Å². The molecule has 0 bridgehead atoms. The molecule has 1 aliphatic rings. The van der Waals surface area contributed by atoms with Crippen LogP contribution in [0.2, 0.25) is 0 Å². The smallest absolute Gasteiger partial charge is 0.148 e. The summed E-state index contributed by atoms with van der Waals surface area (Å²) in [6.07, 6.45) is 4.35. The lowest BCUT2D eigenvalue weighted by Crippen LogP contribution is -2.28. The Balaban J connectivity index is 1.37. The van der Waals surface area contributed by atoms with Crippen LogP contribution in [0.25, 0.3) is 5.69 Å². The third-order valence-electron chi connectivity index (χ3n) is 6.07. The van der Waals surface area contributed by atoms with E-state index in [-0.39, 0.29) is 6.04 Å². The van der Waals surface area contributed by atoms with Gasteiger partial charge in [-0.2, -0.15) is 0 Å². The minimum atomic E-state index is -1.05.